The number of nitrogens with zero attached hydrogens (tertiary/aromatic N) is 3. The molecular weight excluding hydrogens is 589 g/mol. The first-order chi connectivity index (χ1) is 22.3. The van der Waals surface area contributed by atoms with E-state index in [1.54, 1.807) is 4.57 Å². The SMILES string of the molecule is CCCCCCCCCCCCCCCCCC(=O)OOC(=O)c1cn2c3c(c(N4CCN(C)CC4)c(F)cc3c1=O)OC[C@@H]2C. The third-order valence-electron chi connectivity index (χ3n) is 9.38. The minimum absolute atomic E-state index is 0.0236. The highest BCUT2D eigenvalue weighted by Crippen LogP contribution is 2.42. The summed E-state index contributed by atoms with van der Waals surface area (Å²) in [6.07, 6.45) is 19.9. The van der Waals surface area contributed by atoms with E-state index in [2.05, 4.69) is 11.8 Å². The first-order valence-corrected chi connectivity index (χ1v) is 17.7. The van der Waals surface area contributed by atoms with Gasteiger partial charge in [0, 0.05) is 32.4 Å². The lowest BCUT2D eigenvalue weighted by Crippen LogP contribution is -2.45. The minimum Gasteiger partial charge on any atom is -0.487 e. The second-order valence-electron chi connectivity index (χ2n) is 13.2. The van der Waals surface area contributed by atoms with Crippen LogP contribution in [0.3, 0.4) is 0 Å². The Hall–Kier alpha value is -3.14. The summed E-state index contributed by atoms with van der Waals surface area (Å²) in [4.78, 5) is 52.2. The Labute approximate surface area is 273 Å². The molecule has 0 bridgehead atoms. The number of halogens is 1. The Morgan fingerprint density at radius 1 is 0.870 bits per heavy atom. The van der Waals surface area contributed by atoms with E-state index in [1.165, 1.54) is 82.9 Å². The van der Waals surface area contributed by atoms with Crippen molar-refractivity contribution in [3.63, 3.8) is 0 Å². The molecule has 1 atom stereocenters. The second-order valence-corrected chi connectivity index (χ2v) is 13.2. The van der Waals surface area contributed by atoms with E-state index in [0.717, 1.165) is 32.4 Å². The van der Waals surface area contributed by atoms with Crippen LogP contribution in [-0.2, 0) is 14.6 Å². The van der Waals surface area contributed by atoms with Crippen molar-refractivity contribution in [1.29, 1.82) is 0 Å². The standard InChI is InChI=1S/C36H54FN3O6/c1-4-5-6-7-8-9-10-11-12-13-14-15-16-17-18-19-31(41)45-46-36(43)29-25-40-27(2)26-44-35-32(40)28(34(29)42)24-30(37)33(35)39-22-20-38(3)21-23-39/h24-25,27H,4-23,26H2,1-3H3/t27-/m0/s1. The summed E-state index contributed by atoms with van der Waals surface area (Å²) >= 11 is 0. The molecule has 1 aromatic carbocycles. The van der Waals surface area contributed by atoms with Gasteiger partial charge < -0.3 is 19.1 Å². The van der Waals surface area contributed by atoms with Crippen molar-refractivity contribution in [2.24, 2.45) is 0 Å². The van der Waals surface area contributed by atoms with Crippen molar-refractivity contribution < 1.29 is 28.5 Å². The number of benzene rings is 1. The van der Waals surface area contributed by atoms with Gasteiger partial charge in [-0.25, -0.2) is 23.8 Å². The summed E-state index contributed by atoms with van der Waals surface area (Å²) in [6.45, 7) is 7.21. The van der Waals surface area contributed by atoms with E-state index in [1.807, 2.05) is 18.9 Å². The molecular formula is C36H54FN3O6. The predicted octanol–water partition coefficient (Wildman–Crippen LogP) is 7.72. The molecule has 2 aliphatic heterocycles. The number of pyridine rings is 1. The molecule has 4 rings (SSSR count). The van der Waals surface area contributed by atoms with Crippen LogP contribution in [-0.4, -0.2) is 61.2 Å². The number of hydrogen-bond acceptors (Lipinski definition) is 8. The normalized spacial score (nSPS) is 16.4. The van der Waals surface area contributed by atoms with E-state index in [-0.39, 0.29) is 30.0 Å². The maximum absolute atomic E-state index is 15.5. The van der Waals surface area contributed by atoms with E-state index in [9.17, 15) is 14.4 Å². The van der Waals surface area contributed by atoms with Crippen LogP contribution in [0.15, 0.2) is 17.1 Å². The lowest BCUT2D eigenvalue weighted by Gasteiger charge is -2.37. The fraction of sp³-hybridized carbons (Fsp3) is 0.694. The maximum atomic E-state index is 15.5. The van der Waals surface area contributed by atoms with Crippen LogP contribution in [0.2, 0.25) is 0 Å². The monoisotopic (exact) mass is 643 g/mol. The molecule has 0 saturated carbocycles. The van der Waals surface area contributed by atoms with E-state index in [0.29, 0.717) is 36.5 Å². The molecule has 2 aliphatic rings. The fourth-order valence-corrected chi connectivity index (χ4v) is 6.49. The number of hydrogen-bond donors (Lipinski definition) is 0. The molecule has 0 aliphatic carbocycles. The summed E-state index contributed by atoms with van der Waals surface area (Å²) in [5, 5.41) is 0.0236. The number of ether oxygens (including phenoxy) is 1. The van der Waals surface area contributed by atoms with Gasteiger partial charge >= 0.3 is 11.9 Å². The van der Waals surface area contributed by atoms with Crippen molar-refractivity contribution >= 4 is 28.5 Å². The molecule has 256 valence electrons. The van der Waals surface area contributed by atoms with Gasteiger partial charge in [0.1, 0.15) is 17.9 Å². The van der Waals surface area contributed by atoms with E-state index in [4.69, 9.17) is 14.5 Å². The van der Waals surface area contributed by atoms with Crippen LogP contribution < -0.4 is 15.1 Å². The number of anilines is 1. The number of carbonyl (C=O) groups is 2. The third-order valence-corrected chi connectivity index (χ3v) is 9.38. The molecule has 3 heterocycles. The van der Waals surface area contributed by atoms with Crippen molar-refractivity contribution in [1.82, 2.24) is 9.47 Å². The van der Waals surface area contributed by atoms with Gasteiger partial charge in [-0.2, -0.15) is 0 Å². The van der Waals surface area contributed by atoms with E-state index >= 15 is 4.39 Å². The predicted molar refractivity (Wildman–Crippen MR) is 179 cm³/mol. The van der Waals surface area contributed by atoms with Crippen LogP contribution in [0.25, 0.3) is 10.9 Å². The van der Waals surface area contributed by atoms with Gasteiger partial charge in [-0.3, -0.25) is 4.79 Å². The average Bonchev–Trinajstić information content (AvgIpc) is 3.04. The van der Waals surface area contributed by atoms with Crippen LogP contribution in [0.5, 0.6) is 5.75 Å². The zero-order chi connectivity index (χ0) is 32.9. The van der Waals surface area contributed by atoms with Gasteiger partial charge in [0.05, 0.1) is 23.4 Å². The third kappa shape index (κ3) is 9.69. The fourth-order valence-electron chi connectivity index (χ4n) is 6.49. The molecule has 1 fully saturated rings. The topological polar surface area (TPSA) is 90.3 Å². The van der Waals surface area contributed by atoms with Crippen LogP contribution in [0.4, 0.5) is 10.1 Å². The maximum Gasteiger partial charge on any atom is 0.391 e. The zero-order valence-corrected chi connectivity index (χ0v) is 28.3. The Kier molecular flexibility index (Phi) is 14.2. The van der Waals surface area contributed by atoms with Crippen molar-refractivity contribution in [2.75, 3.05) is 44.7 Å². The molecule has 46 heavy (non-hydrogen) atoms. The number of likely N-dealkylation sites (N-methyl/N-ethyl adjacent to an activating group) is 1. The summed E-state index contributed by atoms with van der Waals surface area (Å²) in [6, 6.07) is 0.951. The van der Waals surface area contributed by atoms with Crippen LogP contribution in [0, 0.1) is 5.82 Å². The van der Waals surface area contributed by atoms with Crippen molar-refractivity contribution in [2.45, 2.75) is 123 Å². The molecule has 10 heteroatoms. The highest BCUT2D eigenvalue weighted by Gasteiger charge is 2.31. The molecule has 2 aromatic rings. The number of unbranched alkanes of at least 4 members (excludes halogenated alkanes) is 14. The van der Waals surface area contributed by atoms with Gasteiger partial charge in [0.2, 0.25) is 5.43 Å². The highest BCUT2D eigenvalue weighted by molar-refractivity contribution is 5.98. The van der Waals surface area contributed by atoms with Crippen LogP contribution >= 0.6 is 0 Å². The number of rotatable bonds is 18. The Balaban J connectivity index is 1.20. The molecule has 0 N–H and O–H groups in total. The zero-order valence-electron chi connectivity index (χ0n) is 28.3. The first-order valence-electron chi connectivity index (χ1n) is 17.7. The molecule has 0 spiro atoms. The first kappa shape index (κ1) is 35.7. The minimum atomic E-state index is -1.08. The molecule has 1 saturated heterocycles. The van der Waals surface area contributed by atoms with Gasteiger partial charge in [0.15, 0.2) is 11.6 Å². The summed E-state index contributed by atoms with van der Waals surface area (Å²) in [5.74, 6) is -2.00. The largest absolute Gasteiger partial charge is 0.487 e. The molecule has 1 aromatic heterocycles. The lowest BCUT2D eigenvalue weighted by molar-refractivity contribution is -0.234. The average molecular weight is 644 g/mol. The Morgan fingerprint density at radius 3 is 2.02 bits per heavy atom. The van der Waals surface area contributed by atoms with Gasteiger partial charge in [-0.15, -0.1) is 0 Å². The summed E-state index contributed by atoms with van der Waals surface area (Å²) in [7, 11) is 2.02. The quantitative estimate of drug-likeness (QED) is 0.0927. The number of piperazine rings is 1. The number of carbonyl (C=O) groups excluding carboxylic acids is 2. The Morgan fingerprint density at radius 2 is 1.43 bits per heavy atom. The van der Waals surface area contributed by atoms with Gasteiger partial charge in [-0.1, -0.05) is 96.8 Å². The smallest absolute Gasteiger partial charge is 0.391 e. The molecule has 0 radical (unpaired) electrons. The van der Waals surface area contributed by atoms with Crippen molar-refractivity contribution in [3.05, 3.63) is 33.9 Å². The molecule has 0 unspecified atom stereocenters. The second kappa shape index (κ2) is 18.3. The summed E-state index contributed by atoms with van der Waals surface area (Å²) in [5.41, 5.74) is -0.235. The summed E-state index contributed by atoms with van der Waals surface area (Å²) < 4.78 is 23.3. The Bertz CT molecular complexity index is 1350. The van der Waals surface area contributed by atoms with Crippen molar-refractivity contribution in [3.8, 4) is 5.75 Å². The molecule has 0 amide bonds. The molecule has 9 nitrogen and oxygen atoms in total. The van der Waals surface area contributed by atoms with Gasteiger partial charge in [-0.05, 0) is 26.5 Å². The highest BCUT2D eigenvalue weighted by atomic mass is 19.1. The number of aromatic nitrogens is 1. The lowest BCUT2D eigenvalue weighted by atomic mass is 10.0. The van der Waals surface area contributed by atoms with Gasteiger partial charge in [0.25, 0.3) is 0 Å². The van der Waals surface area contributed by atoms with E-state index < -0.39 is 23.2 Å². The van der Waals surface area contributed by atoms with Crippen LogP contribution in [0.1, 0.15) is 133 Å².